The molecule has 2 aromatic heterocycles. The lowest BCUT2D eigenvalue weighted by molar-refractivity contribution is -0.139. The summed E-state index contributed by atoms with van der Waals surface area (Å²) in [5.41, 5.74) is 14.5. The summed E-state index contributed by atoms with van der Waals surface area (Å²) in [6, 6.07) is 44.5. The van der Waals surface area contributed by atoms with Crippen LogP contribution in [-0.4, -0.2) is 108 Å². The Morgan fingerprint density at radius 2 is 0.830 bits per heavy atom. The van der Waals surface area contributed by atoms with E-state index in [9.17, 15) is 19.2 Å². The van der Waals surface area contributed by atoms with Crippen LogP contribution in [-0.2, 0) is 99.3 Å². The second kappa shape index (κ2) is 63.7. The molecule has 21 heteroatoms. The monoisotopic (exact) mass is 1860 g/mol. The van der Waals surface area contributed by atoms with Crippen molar-refractivity contribution in [1.82, 2.24) is 5.16 Å². The second-order valence-electron chi connectivity index (χ2n) is 34.8. The Morgan fingerprint density at radius 3 is 1.28 bits per heavy atom. The molecular weight excluding hydrogens is 1710 g/mol. The molecule has 0 saturated carbocycles. The van der Waals surface area contributed by atoms with E-state index in [-0.39, 0.29) is 36.8 Å². The maximum Gasteiger partial charge on any atom is 0.333 e. The molecule has 0 radical (unpaired) electrons. The molecule has 0 N–H and O–H groups in total. The van der Waals surface area contributed by atoms with Gasteiger partial charge in [-0.25, -0.2) is 28.0 Å². The number of furan rings is 1. The maximum absolute atomic E-state index is 15.2. The minimum atomic E-state index is -0.413. The molecule has 7 aromatic carbocycles. The van der Waals surface area contributed by atoms with Gasteiger partial charge in [-0.3, -0.25) is 0 Å². The Hall–Kier alpha value is -11.6. The van der Waals surface area contributed by atoms with Crippen molar-refractivity contribution in [1.29, 1.82) is 0 Å². The van der Waals surface area contributed by atoms with Gasteiger partial charge in [-0.1, -0.05) is 191 Å². The molecule has 0 spiro atoms. The molecule has 1 fully saturated rings. The minimum Gasteiger partial charge on any atom is -0.494 e. The van der Waals surface area contributed by atoms with Crippen molar-refractivity contribution < 1.29 is 93.7 Å². The molecule has 135 heavy (non-hydrogen) atoms. The number of rotatable bonds is 64. The number of nitrogens with zero attached hydrogens (tertiary/aromatic N) is 1. The Bertz CT molecular complexity index is 4770. The molecule has 730 valence electrons. The molecule has 3 heterocycles. The van der Waals surface area contributed by atoms with Gasteiger partial charge in [0.15, 0.2) is 0 Å². The Labute approximate surface area is 801 Å². The summed E-state index contributed by atoms with van der Waals surface area (Å²) in [6.07, 6.45) is 37.9. The SMILES string of the molecule is C=C(C)C(=O)OCCCc1cc(-c2ccc(OCCCCCCCCCC)cc2F)ccc1OCc1ccoc1.C=C(C)C(=O)OCCCc1cc(-c2ccc(OCCCCCCCCCC)cc2F)ccc1OCc1cnoc1.C=C(C)C(=O)OCCCc1cc(-c2ccccc2CC)cc(CCCOC(=O)C(=C)C)c1OCCCCCc1ccc(OCCCOCC2CCOC2)cc1. The fraction of sp³-hybridized carbons (Fsp3) is 0.465. The zero-order valence-electron chi connectivity index (χ0n) is 81.4. The fourth-order valence-electron chi connectivity index (χ4n) is 15.3. The number of halogens is 2. The summed E-state index contributed by atoms with van der Waals surface area (Å²) in [7, 11) is 0. The first-order chi connectivity index (χ1) is 65.7. The van der Waals surface area contributed by atoms with Gasteiger partial charge < -0.3 is 65.8 Å². The van der Waals surface area contributed by atoms with Crippen molar-refractivity contribution in [2.45, 2.75) is 261 Å². The fourth-order valence-corrected chi connectivity index (χ4v) is 15.3. The third-order valence-electron chi connectivity index (χ3n) is 23.0. The van der Waals surface area contributed by atoms with E-state index < -0.39 is 11.9 Å². The van der Waals surface area contributed by atoms with Gasteiger partial charge >= 0.3 is 23.9 Å². The van der Waals surface area contributed by atoms with Crippen LogP contribution in [0.15, 0.2) is 222 Å². The highest BCUT2D eigenvalue weighted by Gasteiger charge is 2.21. The molecule has 10 rings (SSSR count). The molecule has 0 aliphatic carbocycles. The average Bonchev–Trinajstić information content (AvgIpc) is 0.894. The highest BCUT2D eigenvalue weighted by Crippen LogP contribution is 2.38. The van der Waals surface area contributed by atoms with E-state index in [1.807, 2.05) is 54.6 Å². The van der Waals surface area contributed by atoms with Crippen LogP contribution in [0.25, 0.3) is 33.4 Å². The predicted molar refractivity (Wildman–Crippen MR) is 531 cm³/mol. The lowest BCUT2D eigenvalue weighted by atomic mass is 9.91. The molecule has 9 aromatic rings. The van der Waals surface area contributed by atoms with Gasteiger partial charge in [0.05, 0.1) is 84.8 Å². The minimum absolute atomic E-state index is 0.250. The van der Waals surface area contributed by atoms with E-state index >= 15 is 8.78 Å². The smallest absolute Gasteiger partial charge is 0.333 e. The average molecular weight is 1860 g/mol. The van der Waals surface area contributed by atoms with Gasteiger partial charge in [-0.2, -0.15) is 0 Å². The van der Waals surface area contributed by atoms with E-state index in [2.05, 4.69) is 113 Å². The standard InChI is InChI=1S/C47H62O8.C34H43FO5.C33H42FNO5/c1-6-39-16-9-10-19-44(39)42-31-40(17-12-27-54-46(48)35(2)3)45(41(32-42)18-13-28-55-47(49)36(4)5)53-26-11-7-8-15-37-20-22-43(23-21-37)52-29-14-25-50-33-38-24-30-51-34-38;1-4-5-6-7-8-9-10-11-19-38-30-15-16-31(32(35)23-30)28-14-17-33(40-25-27-18-21-37-24-27)29(22-28)13-12-20-39-34(36)26(2)3;1-4-5-6-7-8-9-10-11-18-37-29-15-16-30(31(34)21-29)27-14-17-32(39-23-26-22-35-40-24-26)28(20-27)13-12-19-38-33(36)25(2)3/h9-10,16,19-23,31-32,38H,2,4,6-8,11-15,17-18,24-30,33-34H2,1,3,5H3;14-18,21-24H,2,4-13,19-20,25H2,1,3H3;14-17,20-22,24H,2,4-13,18-19,23H2,1,3H3. The lowest BCUT2D eigenvalue weighted by Crippen LogP contribution is -2.11. The van der Waals surface area contributed by atoms with Crippen molar-refractivity contribution in [2.24, 2.45) is 5.92 Å². The Morgan fingerprint density at radius 1 is 0.385 bits per heavy atom. The van der Waals surface area contributed by atoms with E-state index in [1.165, 1.54) is 112 Å². The van der Waals surface area contributed by atoms with Crippen LogP contribution in [0.3, 0.4) is 0 Å². The number of aromatic nitrogens is 1. The first-order valence-corrected chi connectivity index (χ1v) is 49.0. The number of hydrogen-bond acceptors (Lipinski definition) is 19. The zero-order chi connectivity index (χ0) is 96.4. The quantitative estimate of drug-likeness (QED) is 0.0150. The molecule has 19 nitrogen and oxygen atoms in total. The number of unbranched alkanes of at least 4 members (excludes halogenated alkanes) is 16. The number of benzene rings is 7. The van der Waals surface area contributed by atoms with Gasteiger partial charge in [0.1, 0.15) is 65.6 Å². The highest BCUT2D eigenvalue weighted by atomic mass is 19.1. The summed E-state index contributed by atoms with van der Waals surface area (Å²) < 4.78 is 109. The van der Waals surface area contributed by atoms with Gasteiger partial charge in [0.25, 0.3) is 0 Å². The number of aryl methyl sites for hydroxylation is 6. The first kappa shape index (κ1) is 109. The van der Waals surface area contributed by atoms with Crippen LogP contribution in [0.1, 0.15) is 253 Å². The van der Waals surface area contributed by atoms with Crippen LogP contribution >= 0.6 is 0 Å². The molecule has 1 aliphatic heterocycles. The second-order valence-corrected chi connectivity index (χ2v) is 34.8. The van der Waals surface area contributed by atoms with Crippen molar-refractivity contribution in [3.63, 3.8) is 0 Å². The summed E-state index contributed by atoms with van der Waals surface area (Å²) >= 11 is 0. The highest BCUT2D eigenvalue weighted by molar-refractivity contribution is 5.88. The Kier molecular flexibility index (Phi) is 51.3. The largest absolute Gasteiger partial charge is 0.494 e. The molecule has 1 saturated heterocycles. The summed E-state index contributed by atoms with van der Waals surface area (Å²) in [4.78, 5) is 47.5. The number of ether oxygens (including phenoxy) is 12. The van der Waals surface area contributed by atoms with Gasteiger partial charge in [0, 0.05) is 82.2 Å². The van der Waals surface area contributed by atoms with Crippen LogP contribution in [0.4, 0.5) is 8.78 Å². The molecule has 0 bridgehead atoms. The Balaban J connectivity index is 0.000000254. The van der Waals surface area contributed by atoms with Crippen molar-refractivity contribution in [3.8, 4) is 67.9 Å². The van der Waals surface area contributed by atoms with Crippen molar-refractivity contribution >= 4 is 23.9 Å². The molecular formula is C114H147F2NO18. The van der Waals surface area contributed by atoms with Gasteiger partial charge in [-0.05, 0) is 265 Å². The number of carbonyl (C=O) groups is 4. The zero-order valence-corrected chi connectivity index (χ0v) is 81.4. The number of hydrogen-bond donors (Lipinski definition) is 0. The number of esters is 4. The number of carbonyl (C=O) groups excluding carboxylic acids is 4. The first-order valence-electron chi connectivity index (χ1n) is 49.0. The molecule has 0 amide bonds. The predicted octanol–water partition coefficient (Wildman–Crippen LogP) is 27.5. The summed E-state index contributed by atoms with van der Waals surface area (Å²) in [5, 5.41) is 3.70. The van der Waals surface area contributed by atoms with E-state index in [4.69, 9.17) is 65.8 Å². The van der Waals surface area contributed by atoms with E-state index in [1.54, 1.807) is 58.6 Å². The molecule has 1 aliphatic rings. The molecule has 1 atom stereocenters. The molecule has 1 unspecified atom stereocenters. The van der Waals surface area contributed by atoms with Crippen LogP contribution in [0, 0.1) is 17.6 Å². The normalized spacial score (nSPS) is 12.0. The van der Waals surface area contributed by atoms with E-state index in [0.717, 1.165) is 152 Å². The maximum atomic E-state index is 15.2. The topological polar surface area (TPSA) is 218 Å². The third kappa shape index (κ3) is 41.7. The summed E-state index contributed by atoms with van der Waals surface area (Å²) in [6.45, 7) is 35.1. The van der Waals surface area contributed by atoms with Gasteiger partial charge in [-0.15, -0.1) is 0 Å². The third-order valence-corrected chi connectivity index (χ3v) is 23.0. The van der Waals surface area contributed by atoms with Crippen LogP contribution < -0.4 is 28.4 Å². The van der Waals surface area contributed by atoms with Gasteiger partial charge in [0.2, 0.25) is 0 Å². The van der Waals surface area contributed by atoms with Crippen molar-refractivity contribution in [3.05, 3.63) is 269 Å². The van der Waals surface area contributed by atoms with Crippen LogP contribution in [0.5, 0.6) is 34.5 Å². The summed E-state index contributed by atoms with van der Waals surface area (Å²) in [5.74, 6) is 2.51. The van der Waals surface area contributed by atoms with Crippen LogP contribution in [0.2, 0.25) is 0 Å². The lowest BCUT2D eigenvalue weighted by Gasteiger charge is -2.20. The van der Waals surface area contributed by atoms with Crippen molar-refractivity contribution in [2.75, 3.05) is 79.3 Å². The van der Waals surface area contributed by atoms with E-state index in [0.29, 0.717) is 173 Å².